The molecular formula is C13H21FN4. The fourth-order valence-corrected chi connectivity index (χ4v) is 2.54. The van der Waals surface area contributed by atoms with E-state index in [2.05, 4.69) is 9.97 Å². The van der Waals surface area contributed by atoms with Crippen LogP contribution in [0.5, 0.6) is 0 Å². The van der Waals surface area contributed by atoms with Gasteiger partial charge in [0.15, 0.2) is 11.6 Å². The first kappa shape index (κ1) is 13.2. The fraction of sp³-hybridized carbons (Fsp3) is 0.692. The van der Waals surface area contributed by atoms with Crippen LogP contribution in [-0.2, 0) is 6.42 Å². The Hall–Kier alpha value is -1.23. The van der Waals surface area contributed by atoms with E-state index in [-0.39, 0.29) is 11.9 Å². The molecule has 1 aromatic rings. The molecule has 2 heterocycles. The molecule has 0 aromatic carbocycles. The second-order valence-electron chi connectivity index (χ2n) is 4.74. The van der Waals surface area contributed by atoms with E-state index in [4.69, 9.17) is 5.73 Å². The molecule has 0 bridgehead atoms. The largest absolute Gasteiger partial charge is 0.350 e. The normalized spacial score (nSPS) is 20.8. The summed E-state index contributed by atoms with van der Waals surface area (Å²) in [6, 6.07) is 0.196. The molecule has 0 aliphatic carbocycles. The van der Waals surface area contributed by atoms with Crippen LogP contribution in [0, 0.1) is 5.82 Å². The van der Waals surface area contributed by atoms with Crippen molar-refractivity contribution in [2.75, 3.05) is 18.0 Å². The van der Waals surface area contributed by atoms with Crippen LogP contribution in [0.15, 0.2) is 6.33 Å². The first-order valence-corrected chi connectivity index (χ1v) is 6.74. The van der Waals surface area contributed by atoms with E-state index in [0.29, 0.717) is 24.5 Å². The monoisotopic (exact) mass is 252 g/mol. The van der Waals surface area contributed by atoms with E-state index in [1.165, 1.54) is 12.7 Å². The summed E-state index contributed by atoms with van der Waals surface area (Å²) in [7, 11) is 0. The average molecular weight is 252 g/mol. The van der Waals surface area contributed by atoms with Crippen LogP contribution in [0.1, 0.15) is 38.3 Å². The number of aromatic nitrogens is 2. The Morgan fingerprint density at radius 3 is 2.94 bits per heavy atom. The molecule has 0 amide bonds. The van der Waals surface area contributed by atoms with Crippen molar-refractivity contribution in [2.45, 2.75) is 45.1 Å². The summed E-state index contributed by atoms with van der Waals surface area (Å²) in [5, 5.41) is 0. The third kappa shape index (κ3) is 2.61. The minimum Gasteiger partial charge on any atom is -0.350 e. The molecule has 1 atom stereocenters. The van der Waals surface area contributed by atoms with Gasteiger partial charge < -0.3 is 10.6 Å². The van der Waals surface area contributed by atoms with E-state index in [1.807, 2.05) is 11.8 Å². The van der Waals surface area contributed by atoms with E-state index in [0.717, 1.165) is 25.8 Å². The van der Waals surface area contributed by atoms with Gasteiger partial charge in [0.25, 0.3) is 0 Å². The van der Waals surface area contributed by atoms with Crippen LogP contribution < -0.4 is 10.6 Å². The van der Waals surface area contributed by atoms with E-state index in [1.54, 1.807) is 0 Å². The SMILES string of the molecule is CCc1ncnc(N2CCCCCC2CN)c1F. The van der Waals surface area contributed by atoms with Crippen molar-refractivity contribution in [3.8, 4) is 0 Å². The van der Waals surface area contributed by atoms with Crippen molar-refractivity contribution in [2.24, 2.45) is 5.73 Å². The molecule has 0 spiro atoms. The molecule has 1 aliphatic rings. The number of rotatable bonds is 3. The lowest BCUT2D eigenvalue weighted by Crippen LogP contribution is -2.41. The van der Waals surface area contributed by atoms with E-state index in [9.17, 15) is 4.39 Å². The van der Waals surface area contributed by atoms with Crippen LogP contribution in [0.25, 0.3) is 0 Å². The third-order valence-corrected chi connectivity index (χ3v) is 3.60. The zero-order valence-corrected chi connectivity index (χ0v) is 10.9. The lowest BCUT2D eigenvalue weighted by atomic mass is 10.1. The second kappa shape index (κ2) is 6.09. The summed E-state index contributed by atoms with van der Waals surface area (Å²) in [6.07, 6.45) is 6.47. The maximum atomic E-state index is 14.3. The van der Waals surface area contributed by atoms with E-state index >= 15 is 0 Å². The number of anilines is 1. The van der Waals surface area contributed by atoms with Gasteiger partial charge in [-0.05, 0) is 19.3 Å². The maximum Gasteiger partial charge on any atom is 0.187 e. The van der Waals surface area contributed by atoms with Crippen LogP contribution in [0.2, 0.25) is 0 Å². The van der Waals surface area contributed by atoms with Gasteiger partial charge in [0.1, 0.15) is 6.33 Å². The quantitative estimate of drug-likeness (QED) is 0.892. The molecule has 5 heteroatoms. The predicted molar refractivity (Wildman–Crippen MR) is 70.0 cm³/mol. The number of halogens is 1. The Labute approximate surface area is 107 Å². The summed E-state index contributed by atoms with van der Waals surface area (Å²) in [6.45, 7) is 3.28. The molecule has 18 heavy (non-hydrogen) atoms. The topological polar surface area (TPSA) is 55.0 Å². The molecule has 1 unspecified atom stereocenters. The van der Waals surface area contributed by atoms with Crippen molar-refractivity contribution in [1.82, 2.24) is 9.97 Å². The first-order chi connectivity index (χ1) is 8.77. The molecule has 1 aliphatic heterocycles. The smallest absolute Gasteiger partial charge is 0.187 e. The van der Waals surface area contributed by atoms with Gasteiger partial charge in [-0.25, -0.2) is 14.4 Å². The van der Waals surface area contributed by atoms with Gasteiger partial charge in [-0.3, -0.25) is 0 Å². The van der Waals surface area contributed by atoms with Crippen molar-refractivity contribution < 1.29 is 4.39 Å². The molecule has 100 valence electrons. The summed E-state index contributed by atoms with van der Waals surface area (Å²) in [5.74, 6) is 0.152. The van der Waals surface area contributed by atoms with Gasteiger partial charge in [-0.2, -0.15) is 0 Å². The summed E-state index contributed by atoms with van der Waals surface area (Å²) >= 11 is 0. The minimum atomic E-state index is -0.277. The predicted octanol–water partition coefficient (Wildman–Crippen LogP) is 1.89. The average Bonchev–Trinajstić information content (AvgIpc) is 2.64. The van der Waals surface area contributed by atoms with Gasteiger partial charge in [0, 0.05) is 19.1 Å². The third-order valence-electron chi connectivity index (χ3n) is 3.60. The van der Waals surface area contributed by atoms with Gasteiger partial charge in [-0.15, -0.1) is 0 Å². The molecule has 1 saturated heterocycles. The molecule has 1 aromatic heterocycles. The standard InChI is InChI=1S/C13H21FN4/c1-2-11-12(14)13(17-9-16-11)18-7-5-3-4-6-10(18)8-15/h9-10H,2-8,15H2,1H3. The van der Waals surface area contributed by atoms with Gasteiger partial charge >= 0.3 is 0 Å². The van der Waals surface area contributed by atoms with Crippen LogP contribution in [0.4, 0.5) is 10.2 Å². The molecule has 0 saturated carbocycles. The lowest BCUT2D eigenvalue weighted by molar-refractivity contribution is 0.540. The van der Waals surface area contributed by atoms with Gasteiger partial charge in [0.2, 0.25) is 0 Å². The van der Waals surface area contributed by atoms with Crippen molar-refractivity contribution in [1.29, 1.82) is 0 Å². The zero-order chi connectivity index (χ0) is 13.0. The molecule has 2 N–H and O–H groups in total. The van der Waals surface area contributed by atoms with Crippen molar-refractivity contribution >= 4 is 5.82 Å². The highest BCUT2D eigenvalue weighted by Crippen LogP contribution is 2.25. The Bertz CT molecular complexity index is 397. The molecule has 2 rings (SSSR count). The number of nitrogens with zero attached hydrogens (tertiary/aromatic N) is 3. The number of aryl methyl sites for hydroxylation is 1. The summed E-state index contributed by atoms with van der Waals surface area (Å²) < 4.78 is 14.3. The van der Waals surface area contributed by atoms with Crippen molar-refractivity contribution in [3.63, 3.8) is 0 Å². The van der Waals surface area contributed by atoms with E-state index < -0.39 is 0 Å². The fourth-order valence-electron chi connectivity index (χ4n) is 2.54. The highest BCUT2D eigenvalue weighted by atomic mass is 19.1. The highest BCUT2D eigenvalue weighted by molar-refractivity contribution is 5.42. The van der Waals surface area contributed by atoms with Crippen LogP contribution in [0.3, 0.4) is 0 Å². The Kier molecular flexibility index (Phi) is 4.47. The zero-order valence-electron chi connectivity index (χ0n) is 10.9. The Morgan fingerprint density at radius 1 is 1.39 bits per heavy atom. The molecule has 4 nitrogen and oxygen atoms in total. The Balaban J connectivity index is 2.32. The summed E-state index contributed by atoms with van der Waals surface area (Å²) in [4.78, 5) is 10.1. The second-order valence-corrected chi connectivity index (χ2v) is 4.74. The lowest BCUT2D eigenvalue weighted by Gasteiger charge is -2.30. The van der Waals surface area contributed by atoms with Gasteiger partial charge in [-0.1, -0.05) is 19.8 Å². The Morgan fingerprint density at radius 2 is 2.22 bits per heavy atom. The number of hydrogen-bond donors (Lipinski definition) is 1. The summed E-state index contributed by atoms with van der Waals surface area (Å²) in [5.41, 5.74) is 6.30. The molecule has 0 radical (unpaired) electrons. The molecule has 1 fully saturated rings. The van der Waals surface area contributed by atoms with Crippen LogP contribution >= 0.6 is 0 Å². The highest BCUT2D eigenvalue weighted by Gasteiger charge is 2.24. The number of hydrogen-bond acceptors (Lipinski definition) is 4. The van der Waals surface area contributed by atoms with Gasteiger partial charge in [0.05, 0.1) is 5.69 Å². The number of nitrogens with two attached hydrogens (primary N) is 1. The molecular weight excluding hydrogens is 231 g/mol. The minimum absolute atomic E-state index is 0.196. The maximum absolute atomic E-state index is 14.3. The van der Waals surface area contributed by atoms with Crippen molar-refractivity contribution in [3.05, 3.63) is 17.8 Å². The van der Waals surface area contributed by atoms with Crippen LogP contribution in [-0.4, -0.2) is 29.1 Å². The first-order valence-electron chi connectivity index (χ1n) is 6.74.